The molecule has 3 nitrogen and oxygen atoms in total. The highest BCUT2D eigenvalue weighted by Gasteiger charge is 2.51. The first-order chi connectivity index (χ1) is 8.00. The van der Waals surface area contributed by atoms with Gasteiger partial charge in [-0.15, -0.1) is 0 Å². The fourth-order valence-electron chi connectivity index (χ4n) is 4.75. The van der Waals surface area contributed by atoms with E-state index in [2.05, 4.69) is 6.58 Å². The van der Waals surface area contributed by atoms with Gasteiger partial charge in [0.15, 0.2) is 0 Å². The van der Waals surface area contributed by atoms with Gasteiger partial charge in [-0.05, 0) is 61.7 Å². The summed E-state index contributed by atoms with van der Waals surface area (Å²) in [6.45, 7) is 3.81. The molecule has 0 spiro atoms. The minimum absolute atomic E-state index is 0.205. The van der Waals surface area contributed by atoms with Crippen LogP contribution in [0.5, 0.6) is 0 Å². The summed E-state index contributed by atoms with van der Waals surface area (Å²) in [5, 5.41) is 0. The van der Waals surface area contributed by atoms with Crippen LogP contribution < -0.4 is 0 Å². The molecule has 17 heavy (non-hydrogen) atoms. The van der Waals surface area contributed by atoms with Gasteiger partial charge >= 0.3 is 7.60 Å². The summed E-state index contributed by atoms with van der Waals surface area (Å²) >= 11 is 0. The SMILES string of the molecule is C=CP(=O)(O)OCC12CC3CC(CC(C3)C1)C2. The summed E-state index contributed by atoms with van der Waals surface area (Å²) in [5.41, 5.74) is 0.205. The predicted molar refractivity (Wildman–Crippen MR) is 66.6 cm³/mol. The van der Waals surface area contributed by atoms with Crippen LogP contribution in [0.1, 0.15) is 38.5 Å². The molecule has 0 saturated heterocycles. The molecule has 1 unspecified atom stereocenters. The molecule has 0 aliphatic heterocycles. The van der Waals surface area contributed by atoms with Crippen molar-refractivity contribution in [3.8, 4) is 0 Å². The predicted octanol–water partition coefficient (Wildman–Crippen LogP) is 3.55. The van der Waals surface area contributed by atoms with Crippen LogP contribution in [-0.4, -0.2) is 11.5 Å². The van der Waals surface area contributed by atoms with Crippen molar-refractivity contribution in [2.45, 2.75) is 38.5 Å². The van der Waals surface area contributed by atoms with E-state index in [1.54, 1.807) is 0 Å². The molecule has 0 radical (unpaired) electrons. The fourth-order valence-corrected chi connectivity index (χ4v) is 5.31. The highest BCUT2D eigenvalue weighted by Crippen LogP contribution is 2.61. The van der Waals surface area contributed by atoms with E-state index in [1.807, 2.05) is 0 Å². The van der Waals surface area contributed by atoms with Gasteiger partial charge in [-0.25, -0.2) is 0 Å². The zero-order valence-electron chi connectivity index (χ0n) is 10.2. The molecular formula is C13H21O3P. The largest absolute Gasteiger partial charge is 0.351 e. The second kappa shape index (κ2) is 3.94. The molecule has 96 valence electrons. The summed E-state index contributed by atoms with van der Waals surface area (Å²) in [7, 11) is -3.53. The summed E-state index contributed by atoms with van der Waals surface area (Å²) in [5.74, 6) is 3.61. The Kier molecular flexibility index (Phi) is 2.77. The third-order valence-corrected chi connectivity index (χ3v) is 5.91. The Labute approximate surface area is 103 Å². The van der Waals surface area contributed by atoms with E-state index in [9.17, 15) is 9.46 Å². The molecule has 4 rings (SSSR count). The summed E-state index contributed by atoms with van der Waals surface area (Å²) in [6, 6.07) is 0. The molecule has 0 amide bonds. The van der Waals surface area contributed by atoms with Gasteiger partial charge in [0.05, 0.1) is 6.61 Å². The third kappa shape index (κ3) is 2.25. The Morgan fingerprint density at radius 3 is 2.12 bits per heavy atom. The third-order valence-electron chi connectivity index (χ3n) is 4.95. The molecule has 0 aromatic carbocycles. The van der Waals surface area contributed by atoms with Crippen LogP contribution in [0.25, 0.3) is 0 Å². The van der Waals surface area contributed by atoms with Crippen LogP contribution in [0.4, 0.5) is 0 Å². The monoisotopic (exact) mass is 256 g/mol. The van der Waals surface area contributed by atoms with Crippen LogP contribution in [0.3, 0.4) is 0 Å². The summed E-state index contributed by atoms with van der Waals surface area (Å²) in [6.07, 6.45) is 7.77. The van der Waals surface area contributed by atoms with Crippen molar-refractivity contribution >= 4 is 7.60 Å². The molecule has 4 bridgehead atoms. The molecular weight excluding hydrogens is 235 g/mol. The summed E-state index contributed by atoms with van der Waals surface area (Å²) < 4.78 is 16.7. The number of hydrogen-bond donors (Lipinski definition) is 1. The first-order valence-corrected chi connectivity index (χ1v) is 8.26. The second-order valence-corrected chi connectivity index (χ2v) is 8.19. The van der Waals surface area contributed by atoms with Crippen molar-refractivity contribution in [2.75, 3.05) is 6.61 Å². The minimum Gasteiger partial charge on any atom is -0.321 e. The van der Waals surface area contributed by atoms with E-state index < -0.39 is 7.60 Å². The van der Waals surface area contributed by atoms with Crippen LogP contribution in [0.15, 0.2) is 12.4 Å². The molecule has 4 saturated carbocycles. The van der Waals surface area contributed by atoms with Crippen LogP contribution in [-0.2, 0) is 9.09 Å². The quantitative estimate of drug-likeness (QED) is 0.782. The van der Waals surface area contributed by atoms with Gasteiger partial charge in [0.1, 0.15) is 0 Å². The Balaban J connectivity index is 1.70. The molecule has 4 aliphatic rings. The van der Waals surface area contributed by atoms with E-state index in [4.69, 9.17) is 4.52 Å². The van der Waals surface area contributed by atoms with Crippen molar-refractivity contribution in [1.82, 2.24) is 0 Å². The van der Waals surface area contributed by atoms with Crippen LogP contribution in [0.2, 0.25) is 0 Å². The molecule has 0 aromatic heterocycles. The smallest absolute Gasteiger partial charge is 0.321 e. The fraction of sp³-hybridized carbons (Fsp3) is 0.846. The average molecular weight is 256 g/mol. The van der Waals surface area contributed by atoms with Gasteiger partial charge in [-0.2, -0.15) is 0 Å². The van der Waals surface area contributed by atoms with Gasteiger partial charge in [-0.1, -0.05) is 6.58 Å². The lowest BCUT2D eigenvalue weighted by molar-refractivity contribution is -0.0755. The highest BCUT2D eigenvalue weighted by molar-refractivity contribution is 7.56. The van der Waals surface area contributed by atoms with E-state index in [1.165, 1.54) is 38.5 Å². The van der Waals surface area contributed by atoms with Gasteiger partial charge in [0, 0.05) is 5.82 Å². The molecule has 4 aliphatic carbocycles. The second-order valence-electron chi connectivity index (χ2n) is 6.44. The lowest BCUT2D eigenvalue weighted by atomic mass is 9.50. The highest BCUT2D eigenvalue weighted by atomic mass is 31.2. The van der Waals surface area contributed by atoms with Crippen molar-refractivity contribution in [3.63, 3.8) is 0 Å². The lowest BCUT2D eigenvalue weighted by Crippen LogP contribution is -2.48. The maximum atomic E-state index is 11.5. The van der Waals surface area contributed by atoms with Crippen molar-refractivity contribution in [1.29, 1.82) is 0 Å². The van der Waals surface area contributed by atoms with E-state index in [-0.39, 0.29) is 5.41 Å². The number of rotatable bonds is 4. The van der Waals surface area contributed by atoms with Gasteiger partial charge in [0.2, 0.25) is 0 Å². The molecule has 0 aromatic rings. The molecule has 1 atom stereocenters. The zero-order chi connectivity index (χ0) is 12.1. The van der Waals surface area contributed by atoms with Crippen molar-refractivity contribution in [2.24, 2.45) is 23.2 Å². The Bertz CT molecular complexity index is 342. The van der Waals surface area contributed by atoms with E-state index in [0.717, 1.165) is 23.6 Å². The topological polar surface area (TPSA) is 46.5 Å². The maximum absolute atomic E-state index is 11.5. The Hall–Kier alpha value is -0.110. The van der Waals surface area contributed by atoms with Crippen LogP contribution in [0, 0.1) is 23.2 Å². The molecule has 4 fully saturated rings. The van der Waals surface area contributed by atoms with Gasteiger partial charge in [-0.3, -0.25) is 4.57 Å². The normalized spacial score (nSPS) is 46.8. The van der Waals surface area contributed by atoms with Gasteiger partial charge < -0.3 is 9.42 Å². The number of hydrogen-bond acceptors (Lipinski definition) is 2. The molecule has 0 heterocycles. The zero-order valence-corrected chi connectivity index (χ0v) is 11.1. The van der Waals surface area contributed by atoms with E-state index >= 15 is 0 Å². The van der Waals surface area contributed by atoms with Crippen molar-refractivity contribution < 1.29 is 14.0 Å². The first-order valence-electron chi connectivity index (χ1n) is 6.61. The van der Waals surface area contributed by atoms with Crippen molar-refractivity contribution in [3.05, 3.63) is 12.4 Å². The standard InChI is InChI=1S/C13H21O3P/c1-2-17(14,15)16-9-13-6-10-3-11(7-13)5-12(4-10)8-13/h2,10-12H,1,3-9H2,(H,14,15). The minimum atomic E-state index is -3.53. The van der Waals surface area contributed by atoms with Crippen LogP contribution >= 0.6 is 7.60 Å². The van der Waals surface area contributed by atoms with Gasteiger partial charge in [0.25, 0.3) is 0 Å². The molecule has 1 N–H and O–H groups in total. The Morgan fingerprint density at radius 2 is 1.71 bits per heavy atom. The lowest BCUT2D eigenvalue weighted by Gasteiger charge is -2.56. The average Bonchev–Trinajstić information content (AvgIpc) is 2.25. The Morgan fingerprint density at radius 1 is 1.24 bits per heavy atom. The maximum Gasteiger partial charge on any atom is 0.351 e. The first kappa shape index (κ1) is 12.0. The molecule has 4 heteroatoms. The summed E-state index contributed by atoms with van der Waals surface area (Å²) in [4.78, 5) is 9.44. The van der Waals surface area contributed by atoms with E-state index in [0.29, 0.717) is 6.61 Å².